The first-order valence-electron chi connectivity index (χ1n) is 25.4. The third-order valence-corrected chi connectivity index (χ3v) is 12.4. The molecule has 434 valence electrons. The van der Waals surface area contributed by atoms with Gasteiger partial charge in [-0.1, -0.05) is 46.2 Å². The topological polar surface area (TPSA) is 501 Å². The smallest absolute Gasteiger partial charge is 0.326 e. The molecule has 0 spiro atoms. The minimum atomic E-state index is -1.78. The second-order valence-electron chi connectivity index (χ2n) is 19.2. The lowest BCUT2D eigenvalue weighted by Gasteiger charge is -2.30. The number of phenolic OH excluding ortho intramolecular Hbond substituents is 1. The molecule has 0 bridgehead atoms. The van der Waals surface area contributed by atoms with E-state index in [4.69, 9.17) is 22.9 Å². The van der Waals surface area contributed by atoms with Gasteiger partial charge in [0.25, 0.3) is 0 Å². The lowest BCUT2D eigenvalue weighted by atomic mass is 9.96. The van der Waals surface area contributed by atoms with Gasteiger partial charge in [-0.2, -0.15) is 0 Å². The van der Waals surface area contributed by atoms with Crippen LogP contribution in [0.25, 0.3) is 0 Å². The Labute approximate surface area is 455 Å². The highest BCUT2D eigenvalue weighted by Crippen LogP contribution is 2.15. The maximum absolute atomic E-state index is 14.5. The number of guanidine groups is 1. The zero-order valence-electron chi connectivity index (χ0n) is 44.6. The van der Waals surface area contributed by atoms with Gasteiger partial charge < -0.3 is 90.8 Å². The highest BCUT2D eigenvalue weighted by molar-refractivity contribution is 5.98. The van der Waals surface area contributed by atoms with Crippen LogP contribution in [0.2, 0.25) is 0 Å². The molecule has 0 unspecified atom stereocenters. The summed E-state index contributed by atoms with van der Waals surface area (Å²) in [4.78, 5) is 151. The van der Waals surface area contributed by atoms with Gasteiger partial charge in [0.05, 0.1) is 31.3 Å². The van der Waals surface area contributed by atoms with Crippen molar-refractivity contribution in [2.24, 2.45) is 39.8 Å². The number of carbonyl (C=O) groups is 10. The number of aliphatic imine (C=N–C) groups is 1. The summed E-state index contributed by atoms with van der Waals surface area (Å²) in [5.74, 6) is -10.7. The van der Waals surface area contributed by atoms with Gasteiger partial charge in [0.2, 0.25) is 53.2 Å². The second kappa shape index (κ2) is 32.2. The van der Waals surface area contributed by atoms with Crippen molar-refractivity contribution in [2.75, 3.05) is 13.1 Å². The summed E-state index contributed by atoms with van der Waals surface area (Å²) in [6, 6.07) is -5.74. The van der Waals surface area contributed by atoms with E-state index in [0.29, 0.717) is 17.0 Å². The Morgan fingerprint density at radius 1 is 0.633 bits per heavy atom. The van der Waals surface area contributed by atoms with Gasteiger partial charge in [-0.05, 0) is 55.7 Å². The lowest BCUT2D eigenvalue weighted by Crippen LogP contribution is -2.62. The maximum atomic E-state index is 14.5. The molecule has 3 aromatic rings. The molecule has 0 aliphatic carbocycles. The number of aliphatic hydroxyl groups excluding tert-OH is 1. The number of nitrogens with two attached hydrogens (primary N) is 4. The van der Waals surface area contributed by atoms with Crippen molar-refractivity contribution < 1.29 is 63.3 Å². The molecule has 3 rings (SSSR count). The molecule has 10 atom stereocenters. The Bertz CT molecular complexity index is 2540. The van der Waals surface area contributed by atoms with Crippen LogP contribution >= 0.6 is 0 Å². The molecule has 30 heteroatoms. The number of benzene rings is 1. The quantitative estimate of drug-likeness (QED) is 0.0152. The molecule has 79 heavy (non-hydrogen) atoms. The SMILES string of the molecule is CC[C@H](C)[C@H](NC(=O)[C@H](CCCN=C(N)N)NC(=O)[C@H](Cc1ccc(O)cc1)NC(=O)[C@@H](N)CCC(N)=O)C(=O)N[C@@H](Cc1cnc[nH]1)C(=O)N[C@H](C(=O)N[C@@H](Cc1cnc[nH]1)C(=O)NCC(=O)N[C@H](C(=O)O)C(C)C)[C@@H](C)O. The molecule has 0 saturated carbocycles. The number of nitrogens with one attached hydrogen (secondary N) is 10. The van der Waals surface area contributed by atoms with E-state index < -0.39 is 132 Å². The van der Waals surface area contributed by atoms with Crippen LogP contribution in [0.4, 0.5) is 0 Å². The fourth-order valence-electron chi connectivity index (χ4n) is 7.65. The molecule has 21 N–H and O–H groups in total. The predicted molar refractivity (Wildman–Crippen MR) is 283 cm³/mol. The largest absolute Gasteiger partial charge is 0.508 e. The number of aliphatic hydroxyl groups is 1. The number of primary amides is 1. The lowest BCUT2D eigenvalue weighted by molar-refractivity contribution is -0.143. The van der Waals surface area contributed by atoms with Gasteiger partial charge in [0.1, 0.15) is 48.0 Å². The van der Waals surface area contributed by atoms with Gasteiger partial charge in [-0.15, -0.1) is 0 Å². The highest BCUT2D eigenvalue weighted by Gasteiger charge is 2.37. The van der Waals surface area contributed by atoms with Crippen LogP contribution in [-0.4, -0.2) is 168 Å². The van der Waals surface area contributed by atoms with Gasteiger partial charge in [-0.3, -0.25) is 48.1 Å². The molecular formula is C49H75N17O13. The first-order valence-corrected chi connectivity index (χ1v) is 25.4. The molecule has 2 aromatic heterocycles. The summed E-state index contributed by atoms with van der Waals surface area (Å²) in [5, 5.41) is 50.4. The average Bonchev–Trinajstić information content (AvgIpc) is 4.12. The van der Waals surface area contributed by atoms with Crippen LogP contribution in [-0.2, 0) is 67.2 Å². The van der Waals surface area contributed by atoms with Gasteiger partial charge in [0, 0.05) is 56.0 Å². The normalized spacial score (nSPS) is 14.9. The number of rotatable bonds is 34. The summed E-state index contributed by atoms with van der Waals surface area (Å²) >= 11 is 0. The average molecular weight is 1110 g/mol. The van der Waals surface area contributed by atoms with Gasteiger partial charge >= 0.3 is 5.97 Å². The molecule has 9 amide bonds. The molecular weight excluding hydrogens is 1030 g/mol. The van der Waals surface area contributed by atoms with Crippen molar-refractivity contribution >= 4 is 65.1 Å². The third-order valence-electron chi connectivity index (χ3n) is 12.4. The minimum absolute atomic E-state index is 0.0153. The number of amides is 9. The van der Waals surface area contributed by atoms with Crippen molar-refractivity contribution in [3.8, 4) is 5.75 Å². The number of aromatic nitrogens is 4. The monoisotopic (exact) mass is 1110 g/mol. The maximum Gasteiger partial charge on any atom is 0.326 e. The number of hydrogen-bond donors (Lipinski definition) is 17. The second-order valence-corrected chi connectivity index (χ2v) is 19.2. The van der Waals surface area contributed by atoms with Crippen LogP contribution < -0.4 is 65.5 Å². The number of carbonyl (C=O) groups excluding carboxylic acids is 9. The molecule has 30 nitrogen and oxygen atoms in total. The number of hydrogen-bond acceptors (Lipinski definition) is 16. The third kappa shape index (κ3) is 22.4. The number of carboxylic acids is 1. The number of aromatic hydroxyl groups is 1. The molecule has 2 heterocycles. The summed E-state index contributed by atoms with van der Waals surface area (Å²) < 4.78 is 0. The molecule has 0 aliphatic rings. The van der Waals surface area contributed by atoms with Crippen LogP contribution in [0.1, 0.15) is 83.7 Å². The van der Waals surface area contributed by atoms with E-state index in [0.717, 1.165) is 0 Å². The standard InChI is InChI=1S/C49H75N17O13/c1-6-25(4)39(65-43(73)32(8-7-15-56-49(52)53)60-44(74)33(16-27-9-11-30(68)12-10-27)61-41(71)31(50)13-14-36(51)69)46(76)63-35(18-29-20-55-23-59-29)45(75)66-40(26(5)67)47(77)62-34(17-28-19-54-22-58-28)42(72)57-21-37(70)64-38(24(2)3)48(78)79/h9-12,19-20,22-26,31-35,38-40,67-68H,6-8,13-18,21,50H2,1-5H3,(H2,51,69)(H,54,58)(H,55,59)(H,57,72)(H,60,74)(H,61,71)(H,62,77)(H,63,76)(H,64,70)(H,65,73)(H,66,75)(H,78,79)(H4,52,53,56)/t25-,26+,31-,32-,33-,34-,35-,38-,39-,40-/m0/s1. The number of carboxylic acid groups (broad SMARTS) is 1. The molecule has 0 aliphatic heterocycles. The number of phenols is 1. The van der Waals surface area contributed by atoms with Gasteiger partial charge in [-0.25, -0.2) is 14.8 Å². The zero-order chi connectivity index (χ0) is 58.9. The van der Waals surface area contributed by atoms with E-state index in [1.807, 2.05) is 0 Å². The van der Waals surface area contributed by atoms with Crippen molar-refractivity contribution in [3.05, 3.63) is 66.3 Å². The number of aromatic amines is 2. The van der Waals surface area contributed by atoms with Crippen LogP contribution in [0.15, 0.2) is 54.3 Å². The zero-order valence-corrected chi connectivity index (χ0v) is 44.6. The van der Waals surface area contributed by atoms with Crippen molar-refractivity contribution in [1.29, 1.82) is 0 Å². The van der Waals surface area contributed by atoms with E-state index in [1.54, 1.807) is 27.7 Å². The first kappa shape index (κ1) is 64.6. The summed E-state index contributed by atoms with van der Waals surface area (Å²) in [5.41, 5.74) is 23.5. The first-order chi connectivity index (χ1) is 37.3. The molecule has 0 saturated heterocycles. The predicted octanol–water partition coefficient (Wildman–Crippen LogP) is -4.81. The highest BCUT2D eigenvalue weighted by atomic mass is 16.4. The molecule has 0 fully saturated rings. The van der Waals surface area contributed by atoms with Crippen LogP contribution in [0, 0.1) is 11.8 Å². The number of nitrogens with zero attached hydrogens (tertiary/aromatic N) is 3. The van der Waals surface area contributed by atoms with E-state index in [2.05, 4.69) is 67.5 Å². The Morgan fingerprint density at radius 3 is 1.65 bits per heavy atom. The summed E-state index contributed by atoms with van der Waals surface area (Å²) in [6.45, 7) is 7.04. The van der Waals surface area contributed by atoms with Crippen molar-refractivity contribution in [1.82, 2.24) is 62.5 Å². The molecule has 0 radical (unpaired) electrons. The number of imidazole rings is 2. The summed E-state index contributed by atoms with van der Waals surface area (Å²) in [6.07, 6.45) is 3.01. The number of aliphatic carboxylic acids is 1. The fourth-order valence-corrected chi connectivity index (χ4v) is 7.65. The number of H-pyrrole nitrogens is 2. The van der Waals surface area contributed by atoms with E-state index >= 15 is 0 Å². The van der Waals surface area contributed by atoms with E-state index in [1.165, 1.54) is 56.2 Å². The minimum Gasteiger partial charge on any atom is -0.508 e. The van der Waals surface area contributed by atoms with Crippen LogP contribution in [0.5, 0.6) is 5.75 Å². The van der Waals surface area contributed by atoms with E-state index in [9.17, 15) is 63.3 Å². The van der Waals surface area contributed by atoms with Crippen LogP contribution in [0.3, 0.4) is 0 Å². The Morgan fingerprint density at radius 2 is 1.14 bits per heavy atom. The Balaban J connectivity index is 1.91. The van der Waals surface area contributed by atoms with Crippen molar-refractivity contribution in [3.63, 3.8) is 0 Å². The van der Waals surface area contributed by atoms with E-state index in [-0.39, 0.29) is 69.6 Å². The molecule has 1 aromatic carbocycles. The Hall–Kier alpha value is -8.67. The fraction of sp³-hybridized carbons (Fsp3) is 0.531. The van der Waals surface area contributed by atoms with Gasteiger partial charge in [0.15, 0.2) is 5.96 Å². The summed E-state index contributed by atoms with van der Waals surface area (Å²) in [7, 11) is 0. The van der Waals surface area contributed by atoms with Crippen molar-refractivity contribution in [2.45, 2.75) is 140 Å². The Kier molecular flexibility index (Phi) is 26.3.